The molecule has 2 aromatic rings. The summed E-state index contributed by atoms with van der Waals surface area (Å²) < 4.78 is 0. The summed E-state index contributed by atoms with van der Waals surface area (Å²) >= 11 is 3.60. The van der Waals surface area contributed by atoms with Gasteiger partial charge in [0.15, 0.2) is 0 Å². The van der Waals surface area contributed by atoms with Gasteiger partial charge in [0.2, 0.25) is 0 Å². The Kier molecular flexibility index (Phi) is 4.83. The number of anilines is 1. The van der Waals surface area contributed by atoms with Crippen LogP contribution in [0.15, 0.2) is 11.4 Å². The Labute approximate surface area is 116 Å². The zero-order valence-corrected chi connectivity index (χ0v) is 12.7. The molecule has 0 aliphatic carbocycles. The van der Waals surface area contributed by atoms with Crippen molar-refractivity contribution in [3.63, 3.8) is 0 Å². The molecule has 1 unspecified atom stereocenters. The molecular formula is C13H19N3S2. The van der Waals surface area contributed by atoms with Crippen LogP contribution in [-0.2, 0) is 5.75 Å². The summed E-state index contributed by atoms with van der Waals surface area (Å²) in [6, 6.07) is 2.07. The first-order chi connectivity index (χ1) is 8.74. The third-order valence-electron chi connectivity index (χ3n) is 2.94. The highest BCUT2D eigenvalue weighted by Crippen LogP contribution is 2.26. The summed E-state index contributed by atoms with van der Waals surface area (Å²) in [4.78, 5) is 10.3. The fourth-order valence-electron chi connectivity index (χ4n) is 1.62. The van der Waals surface area contributed by atoms with Crippen LogP contribution in [0.25, 0.3) is 10.2 Å². The van der Waals surface area contributed by atoms with Gasteiger partial charge in [-0.3, -0.25) is 0 Å². The minimum atomic E-state index is 0.768. The smallest absolute Gasteiger partial charge is 0.142 e. The van der Waals surface area contributed by atoms with Crippen LogP contribution in [0, 0.1) is 5.92 Å². The molecule has 0 aliphatic rings. The van der Waals surface area contributed by atoms with Crippen LogP contribution < -0.4 is 5.32 Å². The highest BCUT2D eigenvalue weighted by atomic mass is 32.2. The number of aromatic nitrogens is 2. The van der Waals surface area contributed by atoms with Crippen molar-refractivity contribution >= 4 is 39.1 Å². The largest absolute Gasteiger partial charge is 0.372 e. The van der Waals surface area contributed by atoms with Crippen molar-refractivity contribution < 1.29 is 0 Å². The summed E-state index contributed by atoms with van der Waals surface area (Å²) in [6.45, 7) is 4.52. The second kappa shape index (κ2) is 6.38. The molecule has 0 fully saturated rings. The lowest BCUT2D eigenvalue weighted by Gasteiger charge is -2.08. The Morgan fingerprint density at radius 1 is 1.44 bits per heavy atom. The van der Waals surface area contributed by atoms with E-state index in [2.05, 4.69) is 40.6 Å². The molecule has 2 heterocycles. The first kappa shape index (κ1) is 13.6. The van der Waals surface area contributed by atoms with Crippen LogP contribution in [0.4, 0.5) is 5.82 Å². The first-order valence-electron chi connectivity index (χ1n) is 6.24. The molecule has 1 N–H and O–H groups in total. The quantitative estimate of drug-likeness (QED) is 0.868. The lowest BCUT2D eigenvalue weighted by molar-refractivity contribution is 0.636. The molecule has 0 aliphatic heterocycles. The maximum Gasteiger partial charge on any atom is 0.142 e. The molecule has 18 heavy (non-hydrogen) atoms. The van der Waals surface area contributed by atoms with Crippen molar-refractivity contribution in [2.24, 2.45) is 5.92 Å². The van der Waals surface area contributed by atoms with E-state index in [4.69, 9.17) is 0 Å². The molecule has 1 atom stereocenters. The zero-order valence-electron chi connectivity index (χ0n) is 11.1. The lowest BCUT2D eigenvalue weighted by Crippen LogP contribution is -2.01. The molecular weight excluding hydrogens is 262 g/mol. The Morgan fingerprint density at radius 3 is 3.00 bits per heavy atom. The number of fused-ring (bicyclic) bond motifs is 1. The molecule has 2 aromatic heterocycles. The van der Waals surface area contributed by atoms with Gasteiger partial charge in [0.25, 0.3) is 0 Å². The average molecular weight is 281 g/mol. The Morgan fingerprint density at radius 2 is 2.28 bits per heavy atom. The summed E-state index contributed by atoms with van der Waals surface area (Å²) in [5.41, 5.74) is 0. The number of hydrogen-bond donors (Lipinski definition) is 1. The van der Waals surface area contributed by atoms with Gasteiger partial charge < -0.3 is 5.32 Å². The Balaban J connectivity index is 2.08. The van der Waals surface area contributed by atoms with E-state index in [0.717, 1.165) is 33.5 Å². The number of hydrogen-bond acceptors (Lipinski definition) is 5. The summed E-state index contributed by atoms with van der Waals surface area (Å²) in [6.07, 6.45) is 1.24. The summed E-state index contributed by atoms with van der Waals surface area (Å²) in [5, 5.41) is 6.34. The van der Waals surface area contributed by atoms with Crippen molar-refractivity contribution in [1.82, 2.24) is 9.97 Å². The van der Waals surface area contributed by atoms with Crippen LogP contribution in [0.5, 0.6) is 0 Å². The SMILES string of the molecule is CCC(C)CSCc1nc(NC)c2ccsc2n1. The maximum atomic E-state index is 4.61. The molecule has 0 radical (unpaired) electrons. The van der Waals surface area contributed by atoms with Crippen LogP contribution in [-0.4, -0.2) is 22.8 Å². The Hall–Kier alpha value is -0.810. The average Bonchev–Trinajstić information content (AvgIpc) is 2.85. The topological polar surface area (TPSA) is 37.8 Å². The molecule has 3 nitrogen and oxygen atoms in total. The van der Waals surface area contributed by atoms with E-state index >= 15 is 0 Å². The first-order valence-corrected chi connectivity index (χ1v) is 8.27. The van der Waals surface area contributed by atoms with Crippen molar-refractivity contribution in [1.29, 1.82) is 0 Å². The highest BCUT2D eigenvalue weighted by molar-refractivity contribution is 7.98. The fraction of sp³-hybridized carbons (Fsp3) is 0.538. The Bertz CT molecular complexity index is 510. The van der Waals surface area contributed by atoms with Crippen LogP contribution in [0.1, 0.15) is 26.1 Å². The van der Waals surface area contributed by atoms with Crippen molar-refractivity contribution in [3.05, 3.63) is 17.3 Å². The van der Waals surface area contributed by atoms with E-state index in [1.54, 1.807) is 11.3 Å². The molecule has 0 aromatic carbocycles. The minimum Gasteiger partial charge on any atom is -0.372 e. The number of thioether (sulfide) groups is 1. The van der Waals surface area contributed by atoms with E-state index < -0.39 is 0 Å². The van der Waals surface area contributed by atoms with E-state index in [9.17, 15) is 0 Å². The van der Waals surface area contributed by atoms with E-state index in [1.165, 1.54) is 12.2 Å². The van der Waals surface area contributed by atoms with Gasteiger partial charge in [-0.2, -0.15) is 11.8 Å². The molecule has 0 saturated heterocycles. The van der Waals surface area contributed by atoms with Gasteiger partial charge in [-0.15, -0.1) is 11.3 Å². The summed E-state index contributed by atoms with van der Waals surface area (Å²) in [7, 11) is 1.91. The molecule has 0 saturated carbocycles. The van der Waals surface area contributed by atoms with Gasteiger partial charge in [-0.1, -0.05) is 20.3 Å². The van der Waals surface area contributed by atoms with Gasteiger partial charge in [-0.25, -0.2) is 9.97 Å². The fourth-order valence-corrected chi connectivity index (χ4v) is 3.47. The van der Waals surface area contributed by atoms with Crippen molar-refractivity contribution in [2.75, 3.05) is 18.1 Å². The third-order valence-corrected chi connectivity index (χ3v) is 5.01. The van der Waals surface area contributed by atoms with Gasteiger partial charge in [-0.05, 0) is 23.1 Å². The predicted molar refractivity (Wildman–Crippen MR) is 82.6 cm³/mol. The highest BCUT2D eigenvalue weighted by Gasteiger charge is 2.08. The maximum absolute atomic E-state index is 4.61. The predicted octanol–water partition coefficient (Wildman–Crippen LogP) is 4.01. The van der Waals surface area contributed by atoms with Gasteiger partial charge >= 0.3 is 0 Å². The summed E-state index contributed by atoms with van der Waals surface area (Å²) in [5.74, 6) is 4.72. The van der Waals surface area contributed by atoms with Gasteiger partial charge in [0.1, 0.15) is 16.5 Å². The number of rotatable bonds is 6. The van der Waals surface area contributed by atoms with E-state index in [1.807, 2.05) is 18.8 Å². The van der Waals surface area contributed by atoms with Gasteiger partial charge in [0, 0.05) is 7.05 Å². The standard InChI is InChI=1S/C13H19N3S2/c1-4-9(2)7-17-8-11-15-12(14-3)10-5-6-18-13(10)16-11/h5-6,9H,4,7-8H2,1-3H3,(H,14,15,16). The normalized spacial score (nSPS) is 12.8. The molecule has 98 valence electrons. The molecule has 2 rings (SSSR count). The molecule has 0 spiro atoms. The number of nitrogens with one attached hydrogen (secondary N) is 1. The molecule has 0 bridgehead atoms. The molecule has 5 heteroatoms. The molecule has 0 amide bonds. The number of thiophene rings is 1. The third kappa shape index (κ3) is 3.14. The lowest BCUT2D eigenvalue weighted by atomic mass is 10.2. The van der Waals surface area contributed by atoms with Crippen LogP contribution in [0.2, 0.25) is 0 Å². The van der Waals surface area contributed by atoms with Crippen LogP contribution in [0.3, 0.4) is 0 Å². The number of nitrogens with zero attached hydrogens (tertiary/aromatic N) is 2. The second-order valence-electron chi connectivity index (χ2n) is 4.41. The minimum absolute atomic E-state index is 0.768. The van der Waals surface area contributed by atoms with E-state index in [-0.39, 0.29) is 0 Å². The zero-order chi connectivity index (χ0) is 13.0. The van der Waals surface area contributed by atoms with Crippen molar-refractivity contribution in [2.45, 2.75) is 26.0 Å². The second-order valence-corrected chi connectivity index (χ2v) is 6.33. The van der Waals surface area contributed by atoms with Gasteiger partial charge in [0.05, 0.1) is 11.1 Å². The van der Waals surface area contributed by atoms with Crippen molar-refractivity contribution in [3.8, 4) is 0 Å². The van der Waals surface area contributed by atoms with Crippen LogP contribution >= 0.6 is 23.1 Å². The monoisotopic (exact) mass is 281 g/mol. The van der Waals surface area contributed by atoms with E-state index in [0.29, 0.717) is 0 Å².